The number of nitrogens with one attached hydrogen (secondary N) is 1. The predicted molar refractivity (Wildman–Crippen MR) is 99.9 cm³/mol. The average Bonchev–Trinajstić information content (AvgIpc) is 2.61. The van der Waals surface area contributed by atoms with E-state index in [1.165, 1.54) is 0 Å². The number of carbonyl (C=O) groups excluding carboxylic acids is 1. The van der Waals surface area contributed by atoms with Crippen molar-refractivity contribution in [3.05, 3.63) is 60.2 Å². The summed E-state index contributed by atoms with van der Waals surface area (Å²) in [6.45, 7) is 6.06. The summed E-state index contributed by atoms with van der Waals surface area (Å²) in [6, 6.07) is 17.1. The van der Waals surface area contributed by atoms with Gasteiger partial charge in [0.15, 0.2) is 6.10 Å². The van der Waals surface area contributed by atoms with Gasteiger partial charge in [-0.3, -0.25) is 4.79 Å². The first-order valence-corrected chi connectivity index (χ1v) is 8.65. The van der Waals surface area contributed by atoms with Gasteiger partial charge in [0.1, 0.15) is 11.5 Å². The molecule has 0 unspecified atom stereocenters. The molecule has 0 heterocycles. The molecule has 2 rings (SSSR count). The fraction of sp³-hybridized carbons (Fsp3) is 0.381. The number of benzene rings is 2. The Kier molecular flexibility index (Phi) is 6.87. The van der Waals surface area contributed by atoms with E-state index in [-0.39, 0.29) is 11.9 Å². The molecular formula is C21H27NO3. The van der Waals surface area contributed by atoms with Crippen LogP contribution in [0, 0.1) is 5.92 Å². The second kappa shape index (κ2) is 9.11. The summed E-state index contributed by atoms with van der Waals surface area (Å²) in [4.78, 5) is 12.6. The van der Waals surface area contributed by atoms with Crippen LogP contribution in [-0.4, -0.2) is 19.1 Å². The van der Waals surface area contributed by atoms with Crippen molar-refractivity contribution in [2.45, 2.75) is 39.3 Å². The van der Waals surface area contributed by atoms with Crippen LogP contribution in [0.4, 0.5) is 0 Å². The number of methoxy groups -OCH3 is 1. The van der Waals surface area contributed by atoms with Crippen molar-refractivity contribution in [1.29, 1.82) is 0 Å². The molecule has 0 saturated carbocycles. The summed E-state index contributed by atoms with van der Waals surface area (Å²) in [6.07, 6.45) is 0.297. The Morgan fingerprint density at radius 1 is 0.960 bits per heavy atom. The topological polar surface area (TPSA) is 47.6 Å². The number of ether oxygens (including phenoxy) is 2. The van der Waals surface area contributed by atoms with E-state index in [9.17, 15) is 4.79 Å². The van der Waals surface area contributed by atoms with Crippen LogP contribution in [0.15, 0.2) is 54.6 Å². The highest BCUT2D eigenvalue weighted by Gasteiger charge is 2.21. The van der Waals surface area contributed by atoms with Crippen LogP contribution in [0.2, 0.25) is 0 Å². The van der Waals surface area contributed by atoms with Crippen molar-refractivity contribution in [2.75, 3.05) is 7.11 Å². The van der Waals surface area contributed by atoms with E-state index in [1.807, 2.05) is 54.6 Å². The molecular weight excluding hydrogens is 314 g/mol. The van der Waals surface area contributed by atoms with Crippen molar-refractivity contribution in [3.63, 3.8) is 0 Å². The summed E-state index contributed by atoms with van der Waals surface area (Å²) < 4.78 is 10.9. The number of para-hydroxylation sites is 1. The van der Waals surface area contributed by atoms with Gasteiger partial charge >= 0.3 is 0 Å². The lowest BCUT2D eigenvalue weighted by atomic mass is 9.96. The Balaban J connectivity index is 2.05. The summed E-state index contributed by atoms with van der Waals surface area (Å²) in [5, 5.41) is 3.12. The Bertz CT molecular complexity index is 653. The third kappa shape index (κ3) is 5.82. The molecule has 1 amide bonds. The van der Waals surface area contributed by atoms with Crippen LogP contribution in [-0.2, 0) is 4.79 Å². The average molecular weight is 341 g/mol. The Labute approximate surface area is 150 Å². The van der Waals surface area contributed by atoms with E-state index in [4.69, 9.17) is 9.47 Å². The first-order chi connectivity index (χ1) is 12.0. The number of amides is 1. The van der Waals surface area contributed by atoms with Gasteiger partial charge in [0.25, 0.3) is 5.91 Å². The summed E-state index contributed by atoms with van der Waals surface area (Å²) in [5.41, 5.74) is 1.06. The molecule has 25 heavy (non-hydrogen) atoms. The van der Waals surface area contributed by atoms with Gasteiger partial charge in [-0.2, -0.15) is 0 Å². The molecule has 134 valence electrons. The van der Waals surface area contributed by atoms with Crippen LogP contribution < -0.4 is 14.8 Å². The standard InChI is InChI=1S/C21H27NO3/c1-15(2)14-20(17-10-12-18(24-4)13-11-17)22-21(23)16(3)25-19-8-6-5-7-9-19/h5-13,15-16,20H,14H2,1-4H3,(H,22,23)/t16-,20+/m0/s1. The van der Waals surface area contributed by atoms with Crippen LogP contribution in [0.3, 0.4) is 0 Å². The van der Waals surface area contributed by atoms with Crippen LogP contribution in [0.1, 0.15) is 38.8 Å². The van der Waals surface area contributed by atoms with Gasteiger partial charge in [-0.1, -0.05) is 44.2 Å². The minimum Gasteiger partial charge on any atom is -0.497 e. The first-order valence-electron chi connectivity index (χ1n) is 8.65. The Hall–Kier alpha value is -2.49. The van der Waals surface area contributed by atoms with E-state index >= 15 is 0 Å². The Morgan fingerprint density at radius 2 is 1.60 bits per heavy atom. The van der Waals surface area contributed by atoms with Crippen molar-refractivity contribution < 1.29 is 14.3 Å². The van der Waals surface area contributed by atoms with Crippen LogP contribution >= 0.6 is 0 Å². The third-order valence-corrected chi connectivity index (χ3v) is 3.97. The fourth-order valence-electron chi connectivity index (χ4n) is 2.63. The van der Waals surface area contributed by atoms with E-state index < -0.39 is 6.10 Å². The van der Waals surface area contributed by atoms with Crippen molar-refractivity contribution in [2.24, 2.45) is 5.92 Å². The van der Waals surface area contributed by atoms with E-state index in [0.717, 1.165) is 17.7 Å². The fourth-order valence-corrected chi connectivity index (χ4v) is 2.63. The molecule has 4 nitrogen and oxygen atoms in total. The van der Waals surface area contributed by atoms with E-state index in [0.29, 0.717) is 11.7 Å². The molecule has 0 aliphatic rings. The first kappa shape index (κ1) is 18.8. The molecule has 0 bridgehead atoms. The zero-order valence-corrected chi connectivity index (χ0v) is 15.4. The summed E-state index contributed by atoms with van der Waals surface area (Å²) in [5.74, 6) is 1.83. The molecule has 2 aromatic carbocycles. The number of carbonyl (C=O) groups is 1. The van der Waals surface area contributed by atoms with Gasteiger partial charge in [-0.25, -0.2) is 0 Å². The monoisotopic (exact) mass is 341 g/mol. The molecule has 0 aliphatic carbocycles. The molecule has 2 aromatic rings. The molecule has 4 heteroatoms. The van der Waals surface area contributed by atoms with Crippen LogP contribution in [0.5, 0.6) is 11.5 Å². The van der Waals surface area contributed by atoms with Gasteiger partial charge in [0.2, 0.25) is 0 Å². The lowest BCUT2D eigenvalue weighted by Crippen LogP contribution is -2.39. The van der Waals surface area contributed by atoms with Crippen LogP contribution in [0.25, 0.3) is 0 Å². The summed E-state index contributed by atoms with van der Waals surface area (Å²) >= 11 is 0. The zero-order valence-electron chi connectivity index (χ0n) is 15.4. The van der Waals surface area contributed by atoms with Crippen molar-refractivity contribution in [1.82, 2.24) is 5.32 Å². The molecule has 0 spiro atoms. The maximum Gasteiger partial charge on any atom is 0.261 e. The van der Waals surface area contributed by atoms with Crippen molar-refractivity contribution in [3.8, 4) is 11.5 Å². The van der Waals surface area contributed by atoms with Gasteiger partial charge in [0.05, 0.1) is 13.2 Å². The zero-order chi connectivity index (χ0) is 18.2. The molecule has 1 N–H and O–H groups in total. The lowest BCUT2D eigenvalue weighted by molar-refractivity contribution is -0.128. The van der Waals surface area contributed by atoms with Gasteiger partial charge in [-0.15, -0.1) is 0 Å². The molecule has 0 fully saturated rings. The number of rotatable bonds is 8. The third-order valence-electron chi connectivity index (χ3n) is 3.97. The molecule has 2 atom stereocenters. The minimum atomic E-state index is -0.560. The highest BCUT2D eigenvalue weighted by molar-refractivity contribution is 5.81. The molecule has 0 aromatic heterocycles. The largest absolute Gasteiger partial charge is 0.497 e. The van der Waals surface area contributed by atoms with Gasteiger partial charge in [-0.05, 0) is 49.1 Å². The highest BCUT2D eigenvalue weighted by atomic mass is 16.5. The molecule has 0 saturated heterocycles. The summed E-state index contributed by atoms with van der Waals surface area (Å²) in [7, 11) is 1.64. The number of hydrogen-bond donors (Lipinski definition) is 1. The number of hydrogen-bond acceptors (Lipinski definition) is 3. The quantitative estimate of drug-likeness (QED) is 0.776. The van der Waals surface area contributed by atoms with E-state index in [2.05, 4.69) is 19.2 Å². The Morgan fingerprint density at radius 3 is 2.16 bits per heavy atom. The predicted octanol–water partition coefficient (Wildman–Crippen LogP) is 4.37. The lowest BCUT2D eigenvalue weighted by Gasteiger charge is -2.23. The highest BCUT2D eigenvalue weighted by Crippen LogP contribution is 2.24. The van der Waals surface area contributed by atoms with Gasteiger partial charge in [0, 0.05) is 0 Å². The second-order valence-corrected chi connectivity index (χ2v) is 6.54. The SMILES string of the molecule is COc1ccc([C@@H](CC(C)C)NC(=O)[C@H](C)Oc2ccccc2)cc1. The minimum absolute atomic E-state index is 0.0553. The molecule has 0 radical (unpaired) electrons. The maximum atomic E-state index is 12.6. The molecule has 0 aliphatic heterocycles. The normalized spacial score (nSPS) is 13.2. The van der Waals surface area contributed by atoms with Gasteiger partial charge < -0.3 is 14.8 Å². The maximum absolute atomic E-state index is 12.6. The van der Waals surface area contributed by atoms with Crippen molar-refractivity contribution >= 4 is 5.91 Å². The smallest absolute Gasteiger partial charge is 0.261 e. The van der Waals surface area contributed by atoms with E-state index in [1.54, 1.807) is 14.0 Å². The second-order valence-electron chi connectivity index (χ2n) is 6.54.